The molecular weight excluding hydrogens is 302 g/mol. The highest BCUT2D eigenvalue weighted by Gasteiger charge is 2.04. The summed E-state index contributed by atoms with van der Waals surface area (Å²) < 4.78 is 11.1. The van der Waals surface area contributed by atoms with Crippen molar-refractivity contribution in [2.75, 3.05) is 18.5 Å². The van der Waals surface area contributed by atoms with Crippen LogP contribution >= 0.6 is 0 Å². The van der Waals surface area contributed by atoms with Crippen molar-refractivity contribution < 1.29 is 14.3 Å². The second kappa shape index (κ2) is 8.96. The maximum Gasteiger partial charge on any atom is 0.262 e. The fraction of sp³-hybridized carbons (Fsp3) is 0.350. The van der Waals surface area contributed by atoms with Crippen molar-refractivity contribution in [3.63, 3.8) is 0 Å². The second-order valence-corrected chi connectivity index (χ2v) is 6.21. The van der Waals surface area contributed by atoms with E-state index >= 15 is 0 Å². The summed E-state index contributed by atoms with van der Waals surface area (Å²) in [5.41, 5.74) is 1.88. The standard InChI is InChI=1S/C20H25NO3/c1-15(2)12-13-23-18-10-6-17(7-11-18)21-20(22)14-24-19-8-4-16(3)5-9-19/h4-11,15H,12-14H2,1-3H3,(H,21,22). The number of rotatable bonds is 8. The summed E-state index contributed by atoms with van der Waals surface area (Å²) in [6.45, 7) is 7.03. The molecule has 0 atom stereocenters. The molecular formula is C20H25NO3. The van der Waals surface area contributed by atoms with Crippen LogP contribution in [0.1, 0.15) is 25.8 Å². The normalized spacial score (nSPS) is 10.5. The molecule has 2 rings (SSSR count). The van der Waals surface area contributed by atoms with Gasteiger partial charge in [-0.15, -0.1) is 0 Å². The first-order valence-electron chi connectivity index (χ1n) is 8.25. The van der Waals surface area contributed by atoms with Crippen molar-refractivity contribution in [2.45, 2.75) is 27.2 Å². The Balaban J connectivity index is 1.76. The first-order chi connectivity index (χ1) is 11.5. The van der Waals surface area contributed by atoms with Gasteiger partial charge in [0.1, 0.15) is 11.5 Å². The highest BCUT2D eigenvalue weighted by molar-refractivity contribution is 5.91. The smallest absolute Gasteiger partial charge is 0.262 e. The Morgan fingerprint density at radius 3 is 2.17 bits per heavy atom. The molecule has 0 fully saturated rings. The molecule has 0 aromatic heterocycles. The maximum absolute atomic E-state index is 11.9. The van der Waals surface area contributed by atoms with E-state index in [0.29, 0.717) is 18.3 Å². The SMILES string of the molecule is Cc1ccc(OCC(=O)Nc2ccc(OCCC(C)C)cc2)cc1. The van der Waals surface area contributed by atoms with Gasteiger partial charge in [-0.05, 0) is 55.7 Å². The minimum Gasteiger partial charge on any atom is -0.494 e. The van der Waals surface area contributed by atoms with E-state index in [0.717, 1.165) is 23.4 Å². The maximum atomic E-state index is 11.9. The highest BCUT2D eigenvalue weighted by atomic mass is 16.5. The molecule has 1 N–H and O–H groups in total. The van der Waals surface area contributed by atoms with Crippen LogP contribution in [-0.4, -0.2) is 19.1 Å². The number of ether oxygens (including phenoxy) is 2. The Kier molecular flexibility index (Phi) is 6.67. The summed E-state index contributed by atoms with van der Waals surface area (Å²) in [6, 6.07) is 15.0. The van der Waals surface area contributed by atoms with E-state index in [-0.39, 0.29) is 12.5 Å². The lowest BCUT2D eigenvalue weighted by Crippen LogP contribution is -2.20. The number of amides is 1. The molecule has 2 aromatic carbocycles. The number of carbonyl (C=O) groups excluding carboxylic acids is 1. The van der Waals surface area contributed by atoms with Crippen LogP contribution < -0.4 is 14.8 Å². The van der Waals surface area contributed by atoms with Crippen molar-refractivity contribution in [2.24, 2.45) is 5.92 Å². The third-order valence-corrected chi connectivity index (χ3v) is 3.49. The fourth-order valence-corrected chi connectivity index (χ4v) is 2.03. The zero-order valence-electron chi connectivity index (χ0n) is 14.5. The van der Waals surface area contributed by atoms with Crippen LogP contribution in [-0.2, 0) is 4.79 Å². The molecule has 0 radical (unpaired) electrons. The van der Waals surface area contributed by atoms with Gasteiger partial charge in [-0.25, -0.2) is 0 Å². The van der Waals surface area contributed by atoms with E-state index in [9.17, 15) is 4.79 Å². The minimum atomic E-state index is -0.191. The summed E-state index contributed by atoms with van der Waals surface area (Å²) in [6.07, 6.45) is 1.02. The van der Waals surface area contributed by atoms with Crippen LogP contribution in [0.4, 0.5) is 5.69 Å². The number of aryl methyl sites for hydroxylation is 1. The van der Waals surface area contributed by atoms with Gasteiger partial charge in [-0.3, -0.25) is 4.79 Å². The van der Waals surface area contributed by atoms with Gasteiger partial charge in [0.25, 0.3) is 5.91 Å². The van der Waals surface area contributed by atoms with Crippen LogP contribution in [0.15, 0.2) is 48.5 Å². The van der Waals surface area contributed by atoms with E-state index in [1.807, 2.05) is 55.5 Å². The summed E-state index contributed by atoms with van der Waals surface area (Å²) in [4.78, 5) is 11.9. The van der Waals surface area contributed by atoms with Gasteiger partial charge in [-0.1, -0.05) is 31.5 Å². The summed E-state index contributed by atoms with van der Waals surface area (Å²) in [5.74, 6) is 1.93. The van der Waals surface area contributed by atoms with Crippen molar-refractivity contribution in [3.05, 3.63) is 54.1 Å². The predicted octanol–water partition coefficient (Wildman–Crippen LogP) is 4.44. The summed E-state index contributed by atoms with van der Waals surface area (Å²) >= 11 is 0. The largest absolute Gasteiger partial charge is 0.494 e. The molecule has 24 heavy (non-hydrogen) atoms. The zero-order valence-corrected chi connectivity index (χ0v) is 14.5. The van der Waals surface area contributed by atoms with Gasteiger partial charge in [0.15, 0.2) is 6.61 Å². The molecule has 4 nitrogen and oxygen atoms in total. The van der Waals surface area contributed by atoms with E-state index < -0.39 is 0 Å². The molecule has 2 aromatic rings. The Morgan fingerprint density at radius 1 is 0.958 bits per heavy atom. The second-order valence-electron chi connectivity index (χ2n) is 6.21. The molecule has 0 aliphatic carbocycles. The molecule has 1 amide bonds. The van der Waals surface area contributed by atoms with Crippen LogP contribution in [0.25, 0.3) is 0 Å². The number of benzene rings is 2. The first kappa shape index (κ1) is 17.9. The molecule has 0 spiro atoms. The predicted molar refractivity (Wildman–Crippen MR) is 96.7 cm³/mol. The Morgan fingerprint density at radius 2 is 1.54 bits per heavy atom. The van der Waals surface area contributed by atoms with Crippen molar-refractivity contribution in [1.82, 2.24) is 0 Å². The molecule has 0 unspecified atom stereocenters. The van der Waals surface area contributed by atoms with Gasteiger partial charge < -0.3 is 14.8 Å². The summed E-state index contributed by atoms with van der Waals surface area (Å²) in [5, 5.41) is 2.81. The number of hydrogen-bond acceptors (Lipinski definition) is 3. The van der Waals surface area contributed by atoms with Crippen LogP contribution in [0.3, 0.4) is 0 Å². The summed E-state index contributed by atoms with van der Waals surface area (Å²) in [7, 11) is 0. The van der Waals surface area contributed by atoms with Gasteiger partial charge in [0, 0.05) is 5.69 Å². The molecule has 0 bridgehead atoms. The third-order valence-electron chi connectivity index (χ3n) is 3.49. The molecule has 0 aliphatic heterocycles. The molecule has 4 heteroatoms. The minimum absolute atomic E-state index is 0.0182. The van der Waals surface area contributed by atoms with Gasteiger partial charge >= 0.3 is 0 Å². The monoisotopic (exact) mass is 327 g/mol. The van der Waals surface area contributed by atoms with Crippen molar-refractivity contribution in [1.29, 1.82) is 0 Å². The van der Waals surface area contributed by atoms with Crippen LogP contribution in [0.5, 0.6) is 11.5 Å². The van der Waals surface area contributed by atoms with Crippen molar-refractivity contribution in [3.8, 4) is 11.5 Å². The van der Waals surface area contributed by atoms with Crippen molar-refractivity contribution >= 4 is 11.6 Å². The Hall–Kier alpha value is -2.49. The van der Waals surface area contributed by atoms with Gasteiger partial charge in [0.05, 0.1) is 6.61 Å². The lowest BCUT2D eigenvalue weighted by Gasteiger charge is -2.10. The van der Waals surface area contributed by atoms with Crippen LogP contribution in [0, 0.1) is 12.8 Å². The molecule has 128 valence electrons. The zero-order chi connectivity index (χ0) is 17.4. The fourth-order valence-electron chi connectivity index (χ4n) is 2.03. The lowest BCUT2D eigenvalue weighted by molar-refractivity contribution is -0.118. The number of hydrogen-bond donors (Lipinski definition) is 1. The van der Waals surface area contributed by atoms with E-state index in [1.54, 1.807) is 0 Å². The topological polar surface area (TPSA) is 47.6 Å². The first-order valence-corrected chi connectivity index (χ1v) is 8.25. The average molecular weight is 327 g/mol. The third kappa shape index (κ3) is 6.32. The van der Waals surface area contributed by atoms with Crippen LogP contribution in [0.2, 0.25) is 0 Å². The van der Waals surface area contributed by atoms with E-state index in [1.165, 1.54) is 0 Å². The molecule has 0 heterocycles. The number of anilines is 1. The number of nitrogens with one attached hydrogen (secondary N) is 1. The van der Waals surface area contributed by atoms with Gasteiger partial charge in [0.2, 0.25) is 0 Å². The van der Waals surface area contributed by atoms with E-state index in [4.69, 9.17) is 9.47 Å². The molecule has 0 saturated carbocycles. The Bertz CT molecular complexity index is 633. The number of carbonyl (C=O) groups is 1. The Labute approximate surface area is 143 Å². The quantitative estimate of drug-likeness (QED) is 0.780. The van der Waals surface area contributed by atoms with E-state index in [2.05, 4.69) is 19.2 Å². The highest BCUT2D eigenvalue weighted by Crippen LogP contribution is 2.17. The lowest BCUT2D eigenvalue weighted by atomic mass is 10.1. The molecule has 0 aliphatic rings. The molecule has 0 saturated heterocycles. The average Bonchev–Trinajstić information content (AvgIpc) is 2.56. The van der Waals surface area contributed by atoms with Gasteiger partial charge in [-0.2, -0.15) is 0 Å².